The van der Waals surface area contributed by atoms with Crippen molar-refractivity contribution in [1.29, 1.82) is 5.41 Å². The van der Waals surface area contributed by atoms with Crippen molar-refractivity contribution in [3.63, 3.8) is 0 Å². The van der Waals surface area contributed by atoms with E-state index in [1.54, 1.807) is 6.20 Å². The molecule has 0 saturated carbocycles. The number of hydrogen-bond donors (Lipinski definition) is 2. The summed E-state index contributed by atoms with van der Waals surface area (Å²) in [4.78, 5) is 4.23. The Labute approximate surface area is 263 Å². The van der Waals surface area contributed by atoms with E-state index < -0.39 is 0 Å². The number of hydrazone groups is 1. The third-order valence-electron chi connectivity index (χ3n) is 7.89. The van der Waals surface area contributed by atoms with Gasteiger partial charge in [-0.1, -0.05) is 115 Å². The van der Waals surface area contributed by atoms with Gasteiger partial charge in [-0.05, 0) is 92.6 Å². The van der Waals surface area contributed by atoms with E-state index in [0.29, 0.717) is 11.4 Å². The fraction of sp³-hybridized carbons (Fsp3) is 0. The van der Waals surface area contributed by atoms with Gasteiger partial charge in [-0.3, -0.25) is 15.8 Å². The van der Waals surface area contributed by atoms with Crippen LogP contribution in [0.5, 0.6) is 0 Å². The molecular weight excluding hydrogens is 548 g/mol. The van der Waals surface area contributed by atoms with Crippen LogP contribution < -0.4 is 5.43 Å². The number of pyridine rings is 1. The van der Waals surface area contributed by atoms with E-state index in [1.807, 2.05) is 72.9 Å². The predicted molar refractivity (Wildman–Crippen MR) is 188 cm³/mol. The maximum absolute atomic E-state index is 9.27. The third-order valence-corrected chi connectivity index (χ3v) is 7.89. The first-order valence-corrected chi connectivity index (χ1v) is 14.9. The monoisotopic (exact) mass is 578 g/mol. The fourth-order valence-corrected chi connectivity index (χ4v) is 5.51. The molecule has 0 unspecified atom stereocenters. The number of rotatable bonds is 7. The fourth-order valence-electron chi connectivity index (χ4n) is 5.51. The molecule has 45 heavy (non-hydrogen) atoms. The van der Waals surface area contributed by atoms with Crippen LogP contribution in [-0.4, -0.2) is 16.4 Å². The Bertz CT molecular complexity index is 2060. The van der Waals surface area contributed by atoms with E-state index in [1.165, 1.54) is 0 Å². The lowest BCUT2D eigenvalue weighted by molar-refractivity contribution is 1.32. The molecule has 2 N–H and O–H groups in total. The quantitative estimate of drug-likeness (QED) is 0.146. The highest BCUT2D eigenvalue weighted by Gasteiger charge is 2.21. The lowest BCUT2D eigenvalue weighted by atomic mass is 9.86. The van der Waals surface area contributed by atoms with E-state index in [0.717, 1.165) is 61.3 Å². The molecule has 6 aromatic rings. The van der Waals surface area contributed by atoms with Gasteiger partial charge in [-0.2, -0.15) is 5.10 Å². The van der Waals surface area contributed by atoms with Gasteiger partial charge in [0.1, 0.15) is 5.71 Å². The van der Waals surface area contributed by atoms with Gasteiger partial charge < -0.3 is 0 Å². The summed E-state index contributed by atoms with van der Waals surface area (Å²) in [5.74, 6) is 0. The van der Waals surface area contributed by atoms with Crippen LogP contribution >= 0.6 is 0 Å². The van der Waals surface area contributed by atoms with Gasteiger partial charge in [-0.15, -0.1) is 0 Å². The number of hydrogen-bond acceptors (Lipinski definition) is 4. The zero-order chi connectivity index (χ0) is 30.4. The molecule has 0 bridgehead atoms. The van der Waals surface area contributed by atoms with Gasteiger partial charge >= 0.3 is 0 Å². The van der Waals surface area contributed by atoms with Gasteiger partial charge in [0.15, 0.2) is 0 Å². The normalized spacial score (nSPS) is 13.7. The summed E-state index contributed by atoms with van der Waals surface area (Å²) >= 11 is 0. The first-order chi connectivity index (χ1) is 22.2. The number of nitrogens with zero attached hydrogens (tertiary/aromatic N) is 2. The van der Waals surface area contributed by atoms with Crippen LogP contribution in [0.1, 0.15) is 11.1 Å². The Hall–Kier alpha value is -6.13. The molecule has 0 fully saturated rings. The maximum Gasteiger partial charge on any atom is 0.109 e. The van der Waals surface area contributed by atoms with Crippen molar-refractivity contribution in [2.24, 2.45) is 5.10 Å². The van der Waals surface area contributed by atoms with E-state index in [2.05, 4.69) is 101 Å². The molecule has 214 valence electrons. The first-order valence-electron chi connectivity index (χ1n) is 14.9. The summed E-state index contributed by atoms with van der Waals surface area (Å²) in [7, 11) is 0. The van der Waals surface area contributed by atoms with Crippen LogP contribution in [0.25, 0.3) is 44.5 Å². The molecule has 5 aromatic carbocycles. The van der Waals surface area contributed by atoms with Crippen molar-refractivity contribution in [3.8, 4) is 33.4 Å². The van der Waals surface area contributed by atoms with E-state index in [4.69, 9.17) is 5.10 Å². The number of aromatic nitrogens is 1. The molecular formula is C41H30N4. The molecule has 0 radical (unpaired) electrons. The molecule has 1 heterocycles. The lowest BCUT2D eigenvalue weighted by Gasteiger charge is -2.19. The summed E-state index contributed by atoms with van der Waals surface area (Å²) in [6, 6.07) is 49.7. The summed E-state index contributed by atoms with van der Waals surface area (Å²) in [5.41, 5.74) is 15.5. The molecule has 0 amide bonds. The Morgan fingerprint density at radius 3 is 1.69 bits per heavy atom. The van der Waals surface area contributed by atoms with E-state index in [9.17, 15) is 5.41 Å². The number of allylic oxidation sites excluding steroid dienone is 4. The summed E-state index contributed by atoms with van der Waals surface area (Å²) in [6.45, 7) is 0. The first kappa shape index (κ1) is 27.7. The van der Waals surface area contributed by atoms with Gasteiger partial charge in [0.2, 0.25) is 0 Å². The molecule has 7 rings (SSSR count). The van der Waals surface area contributed by atoms with Gasteiger partial charge in [0, 0.05) is 18.0 Å². The highest BCUT2D eigenvalue weighted by atomic mass is 15.3. The highest BCUT2D eigenvalue weighted by molar-refractivity contribution is 6.62. The third kappa shape index (κ3) is 6.17. The molecule has 1 aromatic heterocycles. The minimum Gasteiger partial charge on any atom is -0.298 e. The Balaban J connectivity index is 1.26. The highest BCUT2D eigenvalue weighted by Crippen LogP contribution is 2.33. The summed E-state index contributed by atoms with van der Waals surface area (Å²) in [6.07, 6.45) is 7.73. The van der Waals surface area contributed by atoms with Gasteiger partial charge in [0.05, 0.1) is 11.4 Å². The van der Waals surface area contributed by atoms with Gasteiger partial charge in [0.25, 0.3) is 0 Å². The van der Waals surface area contributed by atoms with Crippen LogP contribution in [0.15, 0.2) is 175 Å². The number of nitrogens with one attached hydrogen (secondary N) is 2. The molecule has 1 aliphatic rings. The molecule has 4 nitrogen and oxygen atoms in total. The minimum atomic E-state index is 0.364. The smallest absolute Gasteiger partial charge is 0.109 e. The molecule has 0 aliphatic heterocycles. The van der Waals surface area contributed by atoms with Gasteiger partial charge in [-0.25, -0.2) is 0 Å². The Kier molecular flexibility index (Phi) is 7.76. The minimum absolute atomic E-state index is 0.364. The van der Waals surface area contributed by atoms with Crippen molar-refractivity contribution in [2.45, 2.75) is 0 Å². The predicted octanol–water partition coefficient (Wildman–Crippen LogP) is 10.1. The van der Waals surface area contributed by atoms with Crippen molar-refractivity contribution < 1.29 is 0 Å². The van der Waals surface area contributed by atoms with Crippen molar-refractivity contribution in [2.75, 3.05) is 5.43 Å². The van der Waals surface area contributed by atoms with E-state index >= 15 is 0 Å². The van der Waals surface area contributed by atoms with Crippen molar-refractivity contribution >= 4 is 28.3 Å². The molecule has 0 atom stereocenters. The second-order valence-electron chi connectivity index (χ2n) is 10.9. The van der Waals surface area contributed by atoms with Crippen LogP contribution in [0.4, 0.5) is 5.69 Å². The zero-order valence-electron chi connectivity index (χ0n) is 24.6. The molecule has 0 spiro atoms. The molecule has 1 aliphatic carbocycles. The largest absolute Gasteiger partial charge is 0.298 e. The second-order valence-corrected chi connectivity index (χ2v) is 10.9. The molecule has 0 saturated heterocycles. The van der Waals surface area contributed by atoms with Crippen LogP contribution in [-0.2, 0) is 0 Å². The standard InChI is InChI=1S/C41H30N4/c42-41-39(35-17-8-15-33(25-35)30-12-5-2-6-13-30)26-37(34-16-7-14-32(24-34)29-10-3-1-4-11-29)27-40(41)45-44-38-21-19-31(20-22-38)36-18-9-23-43-28-36/h1-28,42,44H/b42-41?,45-40-. The summed E-state index contributed by atoms with van der Waals surface area (Å²) < 4.78 is 0. The van der Waals surface area contributed by atoms with Crippen LogP contribution in [0.2, 0.25) is 0 Å². The van der Waals surface area contributed by atoms with Crippen molar-refractivity contribution in [3.05, 3.63) is 181 Å². The van der Waals surface area contributed by atoms with Crippen LogP contribution in [0, 0.1) is 5.41 Å². The SMILES string of the molecule is N=C1C(c2cccc(-c3ccccc3)c2)=CC(c2cccc(-c3ccccc3)c2)=C/C1=N/Nc1ccc(-c2cccnc2)cc1. The maximum atomic E-state index is 9.27. The Morgan fingerprint density at radius 2 is 1.04 bits per heavy atom. The molecule has 4 heteroatoms. The van der Waals surface area contributed by atoms with E-state index in [-0.39, 0.29) is 0 Å². The van der Waals surface area contributed by atoms with Crippen LogP contribution in [0.3, 0.4) is 0 Å². The Morgan fingerprint density at radius 1 is 0.489 bits per heavy atom. The lowest BCUT2D eigenvalue weighted by Crippen LogP contribution is -2.18. The average molecular weight is 579 g/mol. The summed E-state index contributed by atoms with van der Waals surface area (Å²) in [5, 5.41) is 14.0. The topological polar surface area (TPSA) is 61.1 Å². The van der Waals surface area contributed by atoms with Crippen molar-refractivity contribution in [1.82, 2.24) is 4.98 Å². The number of anilines is 1. The second kappa shape index (κ2) is 12.6. The number of benzene rings is 5. The zero-order valence-corrected chi connectivity index (χ0v) is 24.6. The average Bonchev–Trinajstić information content (AvgIpc) is 3.12.